The van der Waals surface area contributed by atoms with Crippen LogP contribution in [-0.4, -0.2) is 41.7 Å². The fourth-order valence-corrected chi connectivity index (χ4v) is 4.90. The van der Waals surface area contributed by atoms with Crippen LogP contribution in [0.25, 0.3) is 6.08 Å². The monoisotopic (exact) mass is 600 g/mol. The fourth-order valence-electron chi connectivity index (χ4n) is 3.40. The number of amides is 3. The zero-order valence-corrected chi connectivity index (χ0v) is 22.9. The molecule has 0 aromatic heterocycles. The van der Waals surface area contributed by atoms with Gasteiger partial charge in [0, 0.05) is 10.7 Å². The number of carbonyl (C=O) groups excluding carboxylic acids is 3. The molecule has 3 amide bonds. The Labute approximate surface area is 231 Å². The molecule has 1 fully saturated rings. The Morgan fingerprint density at radius 2 is 1.86 bits per heavy atom. The average molecular weight is 602 g/mol. The van der Waals surface area contributed by atoms with Crippen LogP contribution in [0.15, 0.2) is 76.1 Å². The summed E-state index contributed by atoms with van der Waals surface area (Å²) in [6.07, 6.45) is 1.65. The van der Waals surface area contributed by atoms with E-state index in [1.165, 1.54) is 4.90 Å². The van der Waals surface area contributed by atoms with Crippen molar-refractivity contribution in [3.8, 4) is 11.5 Å². The zero-order chi connectivity index (χ0) is 26.4. The van der Waals surface area contributed by atoms with Crippen LogP contribution < -0.4 is 14.8 Å². The molecule has 1 aliphatic rings. The molecule has 1 saturated heterocycles. The summed E-state index contributed by atoms with van der Waals surface area (Å²) in [6, 6.07) is 19.5. The number of hydrogen-bond acceptors (Lipinski definition) is 6. The number of benzene rings is 3. The number of halogens is 2. The third-order valence-electron chi connectivity index (χ3n) is 5.19. The highest BCUT2D eigenvalue weighted by Crippen LogP contribution is 2.34. The molecule has 190 valence electrons. The van der Waals surface area contributed by atoms with Crippen molar-refractivity contribution in [1.29, 1.82) is 0 Å². The molecule has 0 spiro atoms. The summed E-state index contributed by atoms with van der Waals surface area (Å²) in [6.45, 7) is 2.14. The number of imide groups is 1. The number of anilines is 1. The second kappa shape index (κ2) is 12.3. The first kappa shape index (κ1) is 26.8. The van der Waals surface area contributed by atoms with E-state index in [0.717, 1.165) is 17.3 Å². The normalized spacial score (nSPS) is 14.2. The summed E-state index contributed by atoms with van der Waals surface area (Å²) in [5.41, 5.74) is 2.38. The molecule has 3 aromatic rings. The van der Waals surface area contributed by atoms with E-state index in [1.807, 2.05) is 31.2 Å². The lowest BCUT2D eigenvalue weighted by molar-refractivity contribution is -0.123. The standard InChI is InChI=1S/C27H22BrClN2O5S/c1-17-3-2-4-21(13-17)35-12-11-31-26(33)24(37-27(31)34)15-18-5-10-23(22(28)14-18)36-16-25(32)30-20-8-6-19(29)7-9-20/h2-10,13-15H,11-12,16H2,1H3,(H,30,32)/b24-15-. The minimum Gasteiger partial charge on any atom is -0.492 e. The Morgan fingerprint density at radius 3 is 2.59 bits per heavy atom. The van der Waals surface area contributed by atoms with Crippen LogP contribution >= 0.6 is 39.3 Å². The van der Waals surface area contributed by atoms with Gasteiger partial charge in [-0.3, -0.25) is 19.3 Å². The first-order chi connectivity index (χ1) is 17.8. The minimum absolute atomic E-state index is 0.157. The van der Waals surface area contributed by atoms with Gasteiger partial charge in [-0.25, -0.2) is 0 Å². The Hall–Kier alpha value is -3.27. The third kappa shape index (κ3) is 7.38. The number of hydrogen-bond donors (Lipinski definition) is 1. The molecule has 0 bridgehead atoms. The highest BCUT2D eigenvalue weighted by atomic mass is 79.9. The quantitative estimate of drug-likeness (QED) is 0.280. The molecule has 1 aliphatic heterocycles. The maximum absolute atomic E-state index is 12.8. The van der Waals surface area contributed by atoms with E-state index in [9.17, 15) is 14.4 Å². The van der Waals surface area contributed by atoms with Crippen LogP contribution in [0, 0.1) is 6.92 Å². The molecule has 10 heteroatoms. The molecule has 1 heterocycles. The van der Waals surface area contributed by atoms with Gasteiger partial charge in [-0.2, -0.15) is 0 Å². The van der Waals surface area contributed by atoms with Gasteiger partial charge < -0.3 is 14.8 Å². The molecule has 7 nitrogen and oxygen atoms in total. The molecular formula is C27H22BrClN2O5S. The number of nitrogens with one attached hydrogen (secondary N) is 1. The molecule has 1 N–H and O–H groups in total. The van der Waals surface area contributed by atoms with E-state index in [4.69, 9.17) is 21.1 Å². The van der Waals surface area contributed by atoms with Crippen molar-refractivity contribution in [2.24, 2.45) is 0 Å². The van der Waals surface area contributed by atoms with Crippen LogP contribution in [0.2, 0.25) is 5.02 Å². The number of nitrogens with zero attached hydrogens (tertiary/aromatic N) is 1. The molecule has 0 atom stereocenters. The Morgan fingerprint density at radius 1 is 1.08 bits per heavy atom. The smallest absolute Gasteiger partial charge is 0.293 e. The number of thioether (sulfide) groups is 1. The van der Waals surface area contributed by atoms with Gasteiger partial charge in [0.05, 0.1) is 15.9 Å². The van der Waals surface area contributed by atoms with Crippen LogP contribution in [0.1, 0.15) is 11.1 Å². The van der Waals surface area contributed by atoms with Gasteiger partial charge in [0.25, 0.3) is 17.1 Å². The largest absolute Gasteiger partial charge is 0.492 e. The van der Waals surface area contributed by atoms with Gasteiger partial charge >= 0.3 is 0 Å². The first-order valence-corrected chi connectivity index (χ1v) is 13.2. The second-order valence-electron chi connectivity index (χ2n) is 8.03. The van der Waals surface area contributed by atoms with Gasteiger partial charge in [0.2, 0.25) is 0 Å². The van der Waals surface area contributed by atoms with E-state index in [-0.39, 0.29) is 36.8 Å². The fraction of sp³-hybridized carbons (Fsp3) is 0.148. The van der Waals surface area contributed by atoms with Gasteiger partial charge in [-0.05, 0) is 100 Å². The van der Waals surface area contributed by atoms with Gasteiger partial charge in [0.15, 0.2) is 6.61 Å². The van der Waals surface area contributed by atoms with E-state index >= 15 is 0 Å². The molecule has 0 saturated carbocycles. The van der Waals surface area contributed by atoms with Crippen molar-refractivity contribution < 1.29 is 23.9 Å². The highest BCUT2D eigenvalue weighted by Gasteiger charge is 2.34. The summed E-state index contributed by atoms with van der Waals surface area (Å²) in [5, 5.41) is 2.97. The maximum atomic E-state index is 12.8. The number of ether oxygens (including phenoxy) is 2. The number of aryl methyl sites for hydroxylation is 1. The topological polar surface area (TPSA) is 84.9 Å². The molecule has 0 unspecified atom stereocenters. The molecule has 37 heavy (non-hydrogen) atoms. The Bertz CT molecular complexity index is 1360. The number of carbonyl (C=O) groups is 3. The van der Waals surface area contributed by atoms with Crippen molar-refractivity contribution in [1.82, 2.24) is 4.90 Å². The lowest BCUT2D eigenvalue weighted by Gasteiger charge is -2.13. The molecule has 0 aliphatic carbocycles. The summed E-state index contributed by atoms with van der Waals surface area (Å²) < 4.78 is 11.9. The van der Waals surface area contributed by atoms with Gasteiger partial charge in [-0.15, -0.1) is 0 Å². The van der Waals surface area contributed by atoms with Crippen molar-refractivity contribution in [3.63, 3.8) is 0 Å². The average Bonchev–Trinajstić information content (AvgIpc) is 3.12. The van der Waals surface area contributed by atoms with Crippen LogP contribution in [0.5, 0.6) is 11.5 Å². The predicted octanol–water partition coefficient (Wildman–Crippen LogP) is 6.54. The Balaban J connectivity index is 1.31. The lowest BCUT2D eigenvalue weighted by Crippen LogP contribution is -2.32. The molecular weight excluding hydrogens is 580 g/mol. The predicted molar refractivity (Wildman–Crippen MR) is 149 cm³/mol. The molecule has 3 aromatic carbocycles. The summed E-state index contributed by atoms with van der Waals surface area (Å²) in [4.78, 5) is 38.9. The maximum Gasteiger partial charge on any atom is 0.293 e. The minimum atomic E-state index is -0.363. The summed E-state index contributed by atoms with van der Waals surface area (Å²) >= 11 is 10.2. The summed E-state index contributed by atoms with van der Waals surface area (Å²) in [5.74, 6) is 0.471. The SMILES string of the molecule is Cc1cccc(OCCN2C(=O)S/C(=C\c3ccc(OCC(=O)Nc4ccc(Cl)cc4)c(Br)c3)C2=O)c1. The van der Waals surface area contributed by atoms with Crippen LogP contribution in [0.4, 0.5) is 10.5 Å². The van der Waals surface area contributed by atoms with Crippen molar-refractivity contribution in [2.45, 2.75) is 6.92 Å². The van der Waals surface area contributed by atoms with Crippen LogP contribution in [0.3, 0.4) is 0 Å². The van der Waals surface area contributed by atoms with E-state index in [1.54, 1.807) is 48.5 Å². The third-order valence-corrected chi connectivity index (χ3v) is 6.97. The molecule has 0 radical (unpaired) electrons. The van der Waals surface area contributed by atoms with Crippen molar-refractivity contribution in [3.05, 3.63) is 92.3 Å². The summed E-state index contributed by atoms with van der Waals surface area (Å²) in [7, 11) is 0. The van der Waals surface area contributed by atoms with Crippen molar-refractivity contribution in [2.75, 3.05) is 25.1 Å². The number of rotatable bonds is 9. The van der Waals surface area contributed by atoms with Gasteiger partial charge in [-0.1, -0.05) is 29.8 Å². The van der Waals surface area contributed by atoms with Crippen LogP contribution in [-0.2, 0) is 9.59 Å². The molecule has 4 rings (SSSR count). The zero-order valence-electron chi connectivity index (χ0n) is 19.7. The highest BCUT2D eigenvalue weighted by molar-refractivity contribution is 9.10. The van der Waals surface area contributed by atoms with Gasteiger partial charge in [0.1, 0.15) is 18.1 Å². The van der Waals surface area contributed by atoms with Crippen molar-refractivity contribution >= 4 is 68.1 Å². The van der Waals surface area contributed by atoms with E-state index < -0.39 is 0 Å². The van der Waals surface area contributed by atoms with E-state index in [2.05, 4.69) is 21.2 Å². The lowest BCUT2D eigenvalue weighted by atomic mass is 10.2. The first-order valence-electron chi connectivity index (χ1n) is 11.2. The van der Waals surface area contributed by atoms with E-state index in [0.29, 0.717) is 37.2 Å². The Kier molecular flexibility index (Phi) is 8.91. The second-order valence-corrected chi connectivity index (χ2v) is 10.3.